The lowest BCUT2D eigenvalue weighted by Crippen LogP contribution is -2.29. The third-order valence-corrected chi connectivity index (χ3v) is 8.36. The van der Waals surface area contributed by atoms with Crippen molar-refractivity contribution in [1.82, 2.24) is 0 Å². The first kappa shape index (κ1) is 22.7. The second-order valence-corrected chi connectivity index (χ2v) is 10.0. The van der Waals surface area contributed by atoms with E-state index in [1.165, 1.54) is 0 Å². The van der Waals surface area contributed by atoms with E-state index in [2.05, 4.69) is 24.3 Å². The number of benzene rings is 3. The van der Waals surface area contributed by atoms with Gasteiger partial charge >= 0.3 is 0 Å². The maximum atomic E-state index is 12.8. The Balaban J connectivity index is 1.44. The van der Waals surface area contributed by atoms with Crippen LogP contribution in [0.4, 0.5) is 11.4 Å². The largest absolute Gasteiger partial charge is 0.495 e. The van der Waals surface area contributed by atoms with E-state index in [1.807, 2.05) is 58.3 Å². The summed E-state index contributed by atoms with van der Waals surface area (Å²) in [6, 6.07) is 23.4. The normalized spacial score (nSPS) is 20.2. The molecular weight excluding hydrogens is 468 g/mol. The minimum Gasteiger partial charge on any atom is -0.495 e. The minimum atomic E-state index is -0.138. The van der Waals surface area contributed by atoms with Crippen LogP contribution in [0.25, 0.3) is 0 Å². The van der Waals surface area contributed by atoms with Crippen molar-refractivity contribution in [2.75, 3.05) is 35.5 Å². The van der Waals surface area contributed by atoms with E-state index in [4.69, 9.17) is 9.47 Å². The Hall–Kier alpha value is -3.10. The Kier molecular flexibility index (Phi) is 6.43. The minimum absolute atomic E-state index is 0.0582. The fourth-order valence-corrected chi connectivity index (χ4v) is 6.68. The molecule has 0 radical (unpaired) electrons. The molecule has 5 rings (SSSR count). The van der Waals surface area contributed by atoms with Gasteiger partial charge in [0.15, 0.2) is 0 Å². The van der Waals surface area contributed by atoms with Crippen molar-refractivity contribution >= 4 is 46.7 Å². The summed E-state index contributed by atoms with van der Waals surface area (Å²) in [6.45, 7) is 0. The highest BCUT2D eigenvalue weighted by molar-refractivity contribution is 8.01. The second-order valence-electron chi connectivity index (χ2n) is 7.86. The monoisotopic (exact) mass is 492 g/mol. The lowest BCUT2D eigenvalue weighted by Gasteiger charge is -2.27. The van der Waals surface area contributed by atoms with Gasteiger partial charge in [-0.3, -0.25) is 19.4 Å². The summed E-state index contributed by atoms with van der Waals surface area (Å²) < 4.78 is 11.0. The third kappa shape index (κ3) is 4.01. The molecule has 8 heteroatoms. The fourth-order valence-electron chi connectivity index (χ4n) is 4.34. The van der Waals surface area contributed by atoms with Crippen LogP contribution in [-0.4, -0.2) is 37.5 Å². The number of hydrogen-bond acceptors (Lipinski definition) is 6. The van der Waals surface area contributed by atoms with Crippen molar-refractivity contribution in [3.05, 3.63) is 83.9 Å². The van der Waals surface area contributed by atoms with Gasteiger partial charge in [0.25, 0.3) is 0 Å². The van der Waals surface area contributed by atoms with E-state index in [9.17, 15) is 9.59 Å². The summed E-state index contributed by atoms with van der Waals surface area (Å²) >= 11 is 3.20. The van der Waals surface area contributed by atoms with E-state index in [0.717, 1.165) is 22.5 Å². The molecule has 0 aliphatic carbocycles. The van der Waals surface area contributed by atoms with Crippen LogP contribution in [0.2, 0.25) is 0 Å². The summed E-state index contributed by atoms with van der Waals surface area (Å²) in [5.74, 6) is 2.30. The first-order valence-corrected chi connectivity index (χ1v) is 13.0. The number of carbonyl (C=O) groups is 2. The predicted octanol–water partition coefficient (Wildman–Crippen LogP) is 5.26. The van der Waals surface area contributed by atoms with E-state index < -0.39 is 0 Å². The zero-order valence-corrected chi connectivity index (χ0v) is 20.5. The van der Waals surface area contributed by atoms with E-state index in [0.29, 0.717) is 23.0 Å². The zero-order valence-electron chi connectivity index (χ0n) is 18.8. The summed E-state index contributed by atoms with van der Waals surface area (Å²) in [5.41, 5.74) is 3.61. The Labute approximate surface area is 207 Å². The topological polar surface area (TPSA) is 59.1 Å². The molecule has 6 nitrogen and oxygen atoms in total. The van der Waals surface area contributed by atoms with Crippen LogP contribution >= 0.6 is 23.5 Å². The summed E-state index contributed by atoms with van der Waals surface area (Å²) in [4.78, 5) is 29.2. The van der Waals surface area contributed by atoms with Crippen LogP contribution in [0.5, 0.6) is 11.5 Å². The number of rotatable bonds is 6. The molecular formula is C26H24N2O4S2. The highest BCUT2D eigenvalue weighted by Crippen LogP contribution is 2.47. The molecule has 3 aromatic rings. The average Bonchev–Trinajstić information content (AvgIpc) is 3.46. The molecule has 34 heavy (non-hydrogen) atoms. The Bertz CT molecular complexity index is 1120. The predicted molar refractivity (Wildman–Crippen MR) is 138 cm³/mol. The molecule has 0 bridgehead atoms. The van der Waals surface area contributed by atoms with Crippen molar-refractivity contribution in [2.24, 2.45) is 0 Å². The van der Waals surface area contributed by atoms with Gasteiger partial charge < -0.3 is 9.47 Å². The van der Waals surface area contributed by atoms with Crippen LogP contribution in [0, 0.1) is 0 Å². The molecule has 0 aromatic heterocycles. The Morgan fingerprint density at radius 1 is 0.647 bits per heavy atom. The standard InChI is InChI=1S/C26H24N2O4S2/c1-31-21-9-5-3-7-19(21)27-23(29)15-33-25(27)17-11-13-18(14-12-17)26-28(24(30)16-34-26)20-8-4-6-10-22(20)32-2/h3-14,25-26H,15-16H2,1-2H3/t25-,26-/m0/s1. The number of carbonyl (C=O) groups excluding carboxylic acids is 2. The molecule has 2 atom stereocenters. The molecule has 3 aromatic carbocycles. The smallest absolute Gasteiger partial charge is 0.238 e. The van der Waals surface area contributed by atoms with Crippen LogP contribution in [0.15, 0.2) is 72.8 Å². The maximum absolute atomic E-state index is 12.8. The Morgan fingerprint density at radius 3 is 1.41 bits per heavy atom. The SMILES string of the molecule is COc1ccccc1N1C(=O)CS[C@H]1c1ccc([C@@H]2SCC(=O)N2c2ccccc2OC)cc1. The van der Waals surface area contributed by atoms with Crippen molar-refractivity contribution in [1.29, 1.82) is 0 Å². The van der Waals surface area contributed by atoms with Crippen molar-refractivity contribution in [3.8, 4) is 11.5 Å². The number of thioether (sulfide) groups is 2. The van der Waals surface area contributed by atoms with Crippen molar-refractivity contribution in [2.45, 2.75) is 10.7 Å². The Morgan fingerprint density at radius 2 is 1.03 bits per heavy atom. The van der Waals surface area contributed by atoms with Gasteiger partial charge in [0.1, 0.15) is 22.2 Å². The number of hydrogen-bond donors (Lipinski definition) is 0. The van der Waals surface area contributed by atoms with Crippen LogP contribution in [0.1, 0.15) is 21.9 Å². The van der Waals surface area contributed by atoms with Crippen LogP contribution < -0.4 is 19.3 Å². The lowest BCUT2D eigenvalue weighted by atomic mass is 10.1. The lowest BCUT2D eigenvalue weighted by molar-refractivity contribution is -0.116. The highest BCUT2D eigenvalue weighted by Gasteiger charge is 2.37. The molecule has 2 fully saturated rings. The second kappa shape index (κ2) is 9.64. The first-order chi connectivity index (χ1) is 16.6. The van der Waals surface area contributed by atoms with Gasteiger partial charge in [0.2, 0.25) is 11.8 Å². The highest BCUT2D eigenvalue weighted by atomic mass is 32.2. The van der Waals surface area contributed by atoms with Gasteiger partial charge in [0, 0.05) is 0 Å². The molecule has 0 spiro atoms. The number of nitrogens with zero attached hydrogens (tertiary/aromatic N) is 2. The van der Waals surface area contributed by atoms with E-state index >= 15 is 0 Å². The number of anilines is 2. The van der Waals surface area contributed by atoms with Gasteiger partial charge in [0.05, 0.1) is 37.1 Å². The summed E-state index contributed by atoms with van der Waals surface area (Å²) in [7, 11) is 3.23. The van der Waals surface area contributed by atoms with E-state index in [-0.39, 0.29) is 22.6 Å². The average molecular weight is 493 g/mol. The number of methoxy groups -OCH3 is 2. The molecule has 0 N–H and O–H groups in total. The number of ether oxygens (including phenoxy) is 2. The van der Waals surface area contributed by atoms with Crippen LogP contribution in [-0.2, 0) is 9.59 Å². The molecule has 2 aliphatic heterocycles. The van der Waals surface area contributed by atoms with Gasteiger partial charge in [-0.15, -0.1) is 23.5 Å². The fraction of sp³-hybridized carbons (Fsp3) is 0.231. The van der Waals surface area contributed by atoms with Gasteiger partial charge in [-0.2, -0.15) is 0 Å². The summed E-state index contributed by atoms with van der Waals surface area (Å²) in [5, 5.41) is -0.276. The van der Waals surface area contributed by atoms with Gasteiger partial charge in [-0.05, 0) is 35.4 Å². The molecule has 0 unspecified atom stereocenters. The molecule has 2 heterocycles. The molecule has 174 valence electrons. The van der Waals surface area contributed by atoms with Crippen molar-refractivity contribution in [3.63, 3.8) is 0 Å². The van der Waals surface area contributed by atoms with Crippen LogP contribution in [0.3, 0.4) is 0 Å². The first-order valence-electron chi connectivity index (χ1n) is 10.9. The molecule has 0 saturated carbocycles. The van der Waals surface area contributed by atoms with Gasteiger partial charge in [-0.1, -0.05) is 48.5 Å². The number of para-hydroxylation sites is 4. The molecule has 2 amide bonds. The third-order valence-electron chi connectivity index (χ3n) is 5.93. The zero-order chi connectivity index (χ0) is 23.7. The van der Waals surface area contributed by atoms with Gasteiger partial charge in [-0.25, -0.2) is 0 Å². The number of amides is 2. The van der Waals surface area contributed by atoms with E-state index in [1.54, 1.807) is 37.7 Å². The molecule has 2 aliphatic rings. The maximum Gasteiger partial charge on any atom is 0.238 e. The van der Waals surface area contributed by atoms with Crippen molar-refractivity contribution < 1.29 is 19.1 Å². The molecule has 2 saturated heterocycles. The summed E-state index contributed by atoms with van der Waals surface area (Å²) in [6.07, 6.45) is 0. The quantitative estimate of drug-likeness (QED) is 0.468.